The van der Waals surface area contributed by atoms with Crippen LogP contribution in [0.25, 0.3) is 0 Å². The SMILES string of the molecule is Cl.O=C(CO[C@@H]1CCNC1)c1cnccn1. The molecular formula is C10H14ClN3O2. The van der Waals surface area contributed by atoms with Crippen molar-refractivity contribution in [1.82, 2.24) is 15.3 Å². The monoisotopic (exact) mass is 243 g/mol. The predicted molar refractivity (Wildman–Crippen MR) is 60.8 cm³/mol. The molecule has 88 valence electrons. The summed E-state index contributed by atoms with van der Waals surface area (Å²) in [4.78, 5) is 19.3. The smallest absolute Gasteiger partial charge is 0.208 e. The van der Waals surface area contributed by atoms with Crippen LogP contribution < -0.4 is 5.32 Å². The van der Waals surface area contributed by atoms with E-state index in [0.29, 0.717) is 5.69 Å². The van der Waals surface area contributed by atoms with Crippen molar-refractivity contribution in [2.75, 3.05) is 19.7 Å². The van der Waals surface area contributed by atoms with E-state index in [2.05, 4.69) is 15.3 Å². The first kappa shape index (κ1) is 13.0. The Morgan fingerprint density at radius 2 is 2.44 bits per heavy atom. The first-order valence-electron chi connectivity index (χ1n) is 4.98. The minimum atomic E-state index is -0.116. The van der Waals surface area contributed by atoms with Gasteiger partial charge in [-0.1, -0.05) is 0 Å². The van der Waals surface area contributed by atoms with E-state index >= 15 is 0 Å². The standard InChI is InChI=1S/C10H13N3O2.ClH/c14-10(9-6-12-3-4-13-9)7-15-8-1-2-11-5-8;/h3-4,6,8,11H,1-2,5,7H2;1H/t8-;/m1./s1. The zero-order valence-electron chi connectivity index (χ0n) is 8.76. The minimum Gasteiger partial charge on any atom is -0.369 e. The predicted octanol–water partition coefficient (Wildman–Crippen LogP) is 0.460. The molecule has 0 aliphatic carbocycles. The van der Waals surface area contributed by atoms with Crippen LogP contribution in [0.15, 0.2) is 18.6 Å². The maximum absolute atomic E-state index is 11.6. The van der Waals surface area contributed by atoms with Gasteiger partial charge in [-0.2, -0.15) is 0 Å². The van der Waals surface area contributed by atoms with Crippen LogP contribution >= 0.6 is 12.4 Å². The number of carbonyl (C=O) groups is 1. The Balaban J connectivity index is 0.00000128. The van der Waals surface area contributed by atoms with Gasteiger partial charge in [-0.15, -0.1) is 12.4 Å². The van der Waals surface area contributed by atoms with E-state index in [1.165, 1.54) is 12.4 Å². The molecule has 1 aliphatic rings. The van der Waals surface area contributed by atoms with Crippen molar-refractivity contribution in [2.45, 2.75) is 12.5 Å². The lowest BCUT2D eigenvalue weighted by atomic mass is 10.3. The average Bonchev–Trinajstić information content (AvgIpc) is 2.80. The van der Waals surface area contributed by atoms with E-state index in [1.54, 1.807) is 6.20 Å². The maximum atomic E-state index is 11.6. The number of ketones is 1. The van der Waals surface area contributed by atoms with Gasteiger partial charge in [0.2, 0.25) is 5.78 Å². The molecule has 2 heterocycles. The number of ether oxygens (including phenoxy) is 1. The second kappa shape index (κ2) is 6.52. The Labute approximate surface area is 100 Å². The van der Waals surface area contributed by atoms with Gasteiger partial charge in [-0.05, 0) is 13.0 Å². The summed E-state index contributed by atoms with van der Waals surface area (Å²) in [7, 11) is 0. The van der Waals surface area contributed by atoms with Crippen molar-refractivity contribution >= 4 is 18.2 Å². The molecule has 0 radical (unpaired) electrons. The van der Waals surface area contributed by atoms with E-state index in [0.717, 1.165) is 19.5 Å². The van der Waals surface area contributed by atoms with Gasteiger partial charge in [0.1, 0.15) is 12.3 Å². The van der Waals surface area contributed by atoms with Gasteiger partial charge in [-0.3, -0.25) is 9.78 Å². The zero-order chi connectivity index (χ0) is 10.5. The number of hydrogen-bond acceptors (Lipinski definition) is 5. The van der Waals surface area contributed by atoms with Crippen molar-refractivity contribution in [3.8, 4) is 0 Å². The summed E-state index contributed by atoms with van der Waals surface area (Å²) in [6, 6.07) is 0. The van der Waals surface area contributed by atoms with Gasteiger partial charge >= 0.3 is 0 Å². The molecule has 0 aromatic carbocycles. The van der Waals surface area contributed by atoms with Gasteiger partial charge in [0.25, 0.3) is 0 Å². The first-order valence-corrected chi connectivity index (χ1v) is 4.98. The van der Waals surface area contributed by atoms with Crippen molar-refractivity contribution in [3.63, 3.8) is 0 Å². The molecule has 5 nitrogen and oxygen atoms in total. The fourth-order valence-electron chi connectivity index (χ4n) is 1.48. The molecule has 1 fully saturated rings. The Hall–Kier alpha value is -1.04. The molecule has 2 rings (SSSR count). The van der Waals surface area contributed by atoms with Crippen molar-refractivity contribution in [3.05, 3.63) is 24.3 Å². The third kappa shape index (κ3) is 3.52. The fraction of sp³-hybridized carbons (Fsp3) is 0.500. The number of nitrogens with zero attached hydrogens (tertiary/aromatic N) is 2. The molecule has 6 heteroatoms. The summed E-state index contributed by atoms with van der Waals surface area (Å²) >= 11 is 0. The van der Waals surface area contributed by atoms with Gasteiger partial charge in [-0.25, -0.2) is 4.98 Å². The molecule has 0 amide bonds. The molecule has 1 aromatic rings. The lowest BCUT2D eigenvalue weighted by Gasteiger charge is -2.08. The Kier molecular flexibility index (Phi) is 5.31. The summed E-state index contributed by atoms with van der Waals surface area (Å²) in [5.41, 5.74) is 0.364. The first-order chi connectivity index (χ1) is 7.36. The number of carbonyl (C=O) groups excluding carboxylic acids is 1. The molecule has 1 N–H and O–H groups in total. The van der Waals surface area contributed by atoms with Crippen LogP contribution in [-0.4, -0.2) is 41.6 Å². The second-order valence-electron chi connectivity index (χ2n) is 3.44. The topological polar surface area (TPSA) is 64.1 Å². The van der Waals surface area contributed by atoms with Crippen molar-refractivity contribution < 1.29 is 9.53 Å². The molecule has 1 aromatic heterocycles. The number of hydrogen-bond donors (Lipinski definition) is 1. The molecule has 0 saturated carbocycles. The lowest BCUT2D eigenvalue weighted by Crippen LogP contribution is -2.21. The highest BCUT2D eigenvalue weighted by molar-refractivity contribution is 5.94. The molecule has 0 bridgehead atoms. The fourth-order valence-corrected chi connectivity index (χ4v) is 1.48. The lowest BCUT2D eigenvalue weighted by molar-refractivity contribution is 0.0525. The van der Waals surface area contributed by atoms with Crippen LogP contribution in [0.5, 0.6) is 0 Å². The number of rotatable bonds is 4. The maximum Gasteiger partial charge on any atom is 0.208 e. The zero-order valence-corrected chi connectivity index (χ0v) is 9.57. The van der Waals surface area contributed by atoms with Crippen LogP contribution in [0.3, 0.4) is 0 Å². The van der Waals surface area contributed by atoms with E-state index in [9.17, 15) is 4.79 Å². The molecule has 0 spiro atoms. The van der Waals surface area contributed by atoms with Gasteiger partial charge < -0.3 is 10.1 Å². The Bertz CT molecular complexity index is 328. The van der Waals surface area contributed by atoms with Crippen molar-refractivity contribution in [1.29, 1.82) is 0 Å². The molecule has 0 unspecified atom stereocenters. The Morgan fingerprint density at radius 3 is 3.06 bits per heavy atom. The molecule has 1 atom stereocenters. The number of halogens is 1. The van der Waals surface area contributed by atoms with Crippen LogP contribution in [0.2, 0.25) is 0 Å². The van der Waals surface area contributed by atoms with Gasteiger partial charge in [0, 0.05) is 18.9 Å². The average molecular weight is 244 g/mol. The highest BCUT2D eigenvalue weighted by Crippen LogP contribution is 2.04. The number of nitrogens with one attached hydrogen (secondary N) is 1. The number of Topliss-reactive ketones (excluding diaryl/α,β-unsaturated/α-hetero) is 1. The van der Waals surface area contributed by atoms with Crippen LogP contribution in [0.1, 0.15) is 16.9 Å². The minimum absolute atomic E-state index is 0. The largest absolute Gasteiger partial charge is 0.369 e. The summed E-state index contributed by atoms with van der Waals surface area (Å²) in [6.07, 6.45) is 5.63. The van der Waals surface area contributed by atoms with Crippen molar-refractivity contribution in [2.24, 2.45) is 0 Å². The molecule has 1 saturated heterocycles. The number of aromatic nitrogens is 2. The highest BCUT2D eigenvalue weighted by Gasteiger charge is 2.17. The Morgan fingerprint density at radius 1 is 1.56 bits per heavy atom. The third-order valence-electron chi connectivity index (χ3n) is 2.31. The summed E-state index contributed by atoms with van der Waals surface area (Å²) in [5, 5.41) is 3.17. The quantitative estimate of drug-likeness (QED) is 0.779. The summed E-state index contributed by atoms with van der Waals surface area (Å²) in [6.45, 7) is 1.88. The molecule has 1 aliphatic heterocycles. The van der Waals surface area contributed by atoms with E-state index in [4.69, 9.17) is 4.74 Å². The molecule has 16 heavy (non-hydrogen) atoms. The van der Waals surface area contributed by atoms with Crippen LogP contribution in [0.4, 0.5) is 0 Å². The van der Waals surface area contributed by atoms with Crippen LogP contribution in [0, 0.1) is 0 Å². The summed E-state index contributed by atoms with van der Waals surface area (Å²) < 4.78 is 5.44. The highest BCUT2D eigenvalue weighted by atomic mass is 35.5. The van der Waals surface area contributed by atoms with Gasteiger partial charge in [0.15, 0.2) is 0 Å². The van der Waals surface area contributed by atoms with E-state index < -0.39 is 0 Å². The van der Waals surface area contributed by atoms with E-state index in [1.807, 2.05) is 0 Å². The normalized spacial score (nSPS) is 19.1. The van der Waals surface area contributed by atoms with E-state index in [-0.39, 0.29) is 30.9 Å². The summed E-state index contributed by atoms with van der Waals surface area (Å²) in [5.74, 6) is -0.116. The van der Waals surface area contributed by atoms with Gasteiger partial charge in [0.05, 0.1) is 12.3 Å². The van der Waals surface area contributed by atoms with Crippen LogP contribution in [-0.2, 0) is 4.74 Å². The third-order valence-corrected chi connectivity index (χ3v) is 2.31. The molecular weight excluding hydrogens is 230 g/mol. The second-order valence-corrected chi connectivity index (χ2v) is 3.44.